The smallest absolute Gasteiger partial charge is 0.223 e. The maximum atomic E-state index is 5.05. The lowest BCUT2D eigenvalue weighted by molar-refractivity contribution is 0.253. The van der Waals surface area contributed by atoms with E-state index in [-0.39, 0.29) is 0 Å². The zero-order valence-electron chi connectivity index (χ0n) is 11.2. The van der Waals surface area contributed by atoms with Crippen LogP contribution < -0.4 is 0 Å². The second-order valence-corrected chi connectivity index (χ2v) is 5.04. The van der Waals surface area contributed by atoms with Gasteiger partial charge in [-0.1, -0.05) is 5.16 Å². The minimum Gasteiger partial charge on any atom is -0.339 e. The van der Waals surface area contributed by atoms with Crippen LogP contribution in [0.25, 0.3) is 11.4 Å². The van der Waals surface area contributed by atoms with Crippen molar-refractivity contribution >= 4 is 0 Å². The lowest BCUT2D eigenvalue weighted by atomic mass is 9.91. The molecule has 0 radical (unpaired) electrons. The van der Waals surface area contributed by atoms with Crippen molar-refractivity contribution in [2.75, 3.05) is 20.1 Å². The van der Waals surface area contributed by atoms with E-state index in [0.29, 0.717) is 17.6 Å². The van der Waals surface area contributed by atoms with Crippen LogP contribution in [-0.4, -0.2) is 45.1 Å². The molecule has 6 heteroatoms. The molecule has 100 valence electrons. The van der Waals surface area contributed by atoms with Gasteiger partial charge in [0.1, 0.15) is 6.33 Å². The third-order valence-electron chi connectivity index (χ3n) is 3.62. The Labute approximate surface area is 111 Å². The summed E-state index contributed by atoms with van der Waals surface area (Å²) in [5.41, 5.74) is 1.94. The van der Waals surface area contributed by atoms with Gasteiger partial charge in [-0.05, 0) is 33.0 Å². The van der Waals surface area contributed by atoms with Gasteiger partial charge in [-0.25, -0.2) is 9.97 Å². The van der Waals surface area contributed by atoms with Crippen LogP contribution in [0.1, 0.15) is 30.3 Å². The van der Waals surface area contributed by atoms with Crippen molar-refractivity contribution in [2.45, 2.75) is 25.7 Å². The Balaban J connectivity index is 1.93. The number of likely N-dealkylation sites (tertiary alicyclic amines) is 1. The summed E-state index contributed by atoms with van der Waals surface area (Å²) < 4.78 is 5.05. The molecule has 0 spiro atoms. The zero-order valence-corrected chi connectivity index (χ0v) is 11.2. The Kier molecular flexibility index (Phi) is 3.25. The molecule has 2 aromatic heterocycles. The number of aromatic nitrogens is 4. The molecule has 0 saturated carbocycles. The highest BCUT2D eigenvalue weighted by molar-refractivity contribution is 5.57. The first kappa shape index (κ1) is 12.2. The van der Waals surface area contributed by atoms with E-state index >= 15 is 0 Å². The van der Waals surface area contributed by atoms with Crippen LogP contribution in [0.5, 0.6) is 0 Å². The molecule has 19 heavy (non-hydrogen) atoms. The van der Waals surface area contributed by atoms with E-state index in [1.165, 1.54) is 0 Å². The summed E-state index contributed by atoms with van der Waals surface area (Å²) in [5, 5.41) is 3.98. The van der Waals surface area contributed by atoms with Gasteiger partial charge in [0.05, 0.1) is 11.3 Å². The third-order valence-corrected chi connectivity index (χ3v) is 3.62. The van der Waals surface area contributed by atoms with Gasteiger partial charge in [0.15, 0.2) is 0 Å². The molecule has 2 aromatic rings. The lowest BCUT2D eigenvalue weighted by Crippen LogP contribution is -2.29. The molecule has 6 nitrogen and oxygen atoms in total. The first-order chi connectivity index (χ1) is 9.24. The lowest BCUT2D eigenvalue weighted by Gasteiger charge is -2.29. The summed E-state index contributed by atoms with van der Waals surface area (Å²) >= 11 is 0. The third kappa shape index (κ3) is 2.49. The fourth-order valence-electron chi connectivity index (χ4n) is 2.53. The molecule has 0 atom stereocenters. The molecule has 0 N–H and O–H groups in total. The summed E-state index contributed by atoms with van der Waals surface area (Å²) in [6.07, 6.45) is 5.60. The van der Waals surface area contributed by atoms with Crippen LogP contribution in [0.3, 0.4) is 0 Å². The van der Waals surface area contributed by atoms with Crippen LogP contribution in [0, 0.1) is 6.92 Å². The van der Waals surface area contributed by atoms with Crippen molar-refractivity contribution in [3.05, 3.63) is 24.1 Å². The molecule has 1 aliphatic heterocycles. The molecule has 0 bridgehead atoms. The molecule has 3 heterocycles. The van der Waals surface area contributed by atoms with Crippen molar-refractivity contribution < 1.29 is 4.52 Å². The normalized spacial score (nSPS) is 17.8. The number of hydrogen-bond acceptors (Lipinski definition) is 6. The molecular weight excluding hydrogens is 242 g/mol. The number of nitrogens with zero attached hydrogens (tertiary/aromatic N) is 5. The van der Waals surface area contributed by atoms with E-state index in [4.69, 9.17) is 4.52 Å². The van der Waals surface area contributed by atoms with E-state index < -0.39 is 0 Å². The van der Waals surface area contributed by atoms with Crippen molar-refractivity contribution in [3.63, 3.8) is 0 Å². The molecule has 0 amide bonds. The quantitative estimate of drug-likeness (QED) is 0.816. The molecule has 1 aliphatic rings. The van der Waals surface area contributed by atoms with Gasteiger partial charge in [0, 0.05) is 19.0 Å². The van der Waals surface area contributed by atoms with Crippen LogP contribution in [0.15, 0.2) is 17.0 Å². The summed E-state index contributed by atoms with van der Waals surface area (Å²) in [4.78, 5) is 15.2. The topological polar surface area (TPSA) is 67.9 Å². The van der Waals surface area contributed by atoms with Gasteiger partial charge >= 0.3 is 0 Å². The van der Waals surface area contributed by atoms with Crippen molar-refractivity contribution in [1.82, 2.24) is 25.0 Å². The molecule has 0 aliphatic carbocycles. The molecule has 0 aromatic carbocycles. The van der Waals surface area contributed by atoms with Crippen molar-refractivity contribution in [2.24, 2.45) is 0 Å². The molecule has 0 unspecified atom stereocenters. The molecule has 1 saturated heterocycles. The predicted molar refractivity (Wildman–Crippen MR) is 69.5 cm³/mol. The fourth-order valence-corrected chi connectivity index (χ4v) is 2.53. The Hall–Kier alpha value is -1.82. The minimum absolute atomic E-state index is 0.452. The predicted octanol–water partition coefficient (Wildman–Crippen LogP) is 1.64. The first-order valence-electron chi connectivity index (χ1n) is 6.53. The Morgan fingerprint density at radius 2 is 2.11 bits per heavy atom. The van der Waals surface area contributed by atoms with Crippen molar-refractivity contribution in [3.8, 4) is 11.4 Å². The van der Waals surface area contributed by atoms with Gasteiger partial charge in [-0.2, -0.15) is 4.98 Å². The average Bonchev–Trinajstić information content (AvgIpc) is 2.86. The summed E-state index contributed by atoms with van der Waals surface area (Å²) in [6, 6.07) is 0. The highest BCUT2D eigenvalue weighted by atomic mass is 16.5. The van der Waals surface area contributed by atoms with Gasteiger partial charge < -0.3 is 9.42 Å². The largest absolute Gasteiger partial charge is 0.339 e. The van der Waals surface area contributed by atoms with Gasteiger partial charge in [0.25, 0.3) is 0 Å². The van der Waals surface area contributed by atoms with Crippen LogP contribution in [0.2, 0.25) is 0 Å². The molecule has 1 fully saturated rings. The SMILES string of the molecule is Cc1nc(-c2cncnc2C2CCN(C)CC2)no1. The van der Waals surface area contributed by atoms with Crippen molar-refractivity contribution in [1.29, 1.82) is 0 Å². The monoisotopic (exact) mass is 259 g/mol. The van der Waals surface area contributed by atoms with E-state index in [1.54, 1.807) is 19.4 Å². The number of piperidine rings is 1. The van der Waals surface area contributed by atoms with E-state index in [2.05, 4.69) is 32.1 Å². The Bertz CT molecular complexity index is 560. The summed E-state index contributed by atoms with van der Waals surface area (Å²) in [6.45, 7) is 3.98. The summed E-state index contributed by atoms with van der Waals surface area (Å²) in [5.74, 6) is 1.60. The van der Waals surface area contributed by atoms with Crippen LogP contribution >= 0.6 is 0 Å². The average molecular weight is 259 g/mol. The standard InChI is InChI=1S/C13H17N5O/c1-9-16-13(17-19-9)11-7-14-8-15-12(11)10-3-5-18(2)6-4-10/h7-8,10H,3-6H2,1-2H3. The Morgan fingerprint density at radius 1 is 1.32 bits per heavy atom. The van der Waals surface area contributed by atoms with E-state index in [9.17, 15) is 0 Å². The van der Waals surface area contributed by atoms with Gasteiger partial charge in [-0.15, -0.1) is 0 Å². The minimum atomic E-state index is 0.452. The van der Waals surface area contributed by atoms with Crippen LogP contribution in [0.4, 0.5) is 0 Å². The van der Waals surface area contributed by atoms with Gasteiger partial charge in [0.2, 0.25) is 11.7 Å². The van der Waals surface area contributed by atoms with E-state index in [1.807, 2.05) is 0 Å². The number of hydrogen-bond donors (Lipinski definition) is 0. The number of aryl methyl sites for hydroxylation is 1. The van der Waals surface area contributed by atoms with E-state index in [0.717, 1.165) is 37.2 Å². The highest BCUT2D eigenvalue weighted by Gasteiger charge is 2.24. The number of rotatable bonds is 2. The zero-order chi connectivity index (χ0) is 13.2. The van der Waals surface area contributed by atoms with Crippen LogP contribution in [-0.2, 0) is 0 Å². The molecule has 3 rings (SSSR count). The maximum Gasteiger partial charge on any atom is 0.223 e. The maximum absolute atomic E-state index is 5.05. The fraction of sp³-hybridized carbons (Fsp3) is 0.538. The molecular formula is C13H17N5O. The summed E-state index contributed by atoms with van der Waals surface area (Å²) in [7, 11) is 2.15. The van der Waals surface area contributed by atoms with Gasteiger partial charge in [-0.3, -0.25) is 0 Å². The highest BCUT2D eigenvalue weighted by Crippen LogP contribution is 2.31. The second kappa shape index (κ2) is 5.05. The Morgan fingerprint density at radius 3 is 2.79 bits per heavy atom. The second-order valence-electron chi connectivity index (χ2n) is 5.04. The first-order valence-corrected chi connectivity index (χ1v) is 6.53.